The molecule has 11 aromatic rings. The SMILES string of the molecule is c1ccc(-c2c3ccccc3c(-c3ccc(-c4cccc(-c5ccc6c(c5)oc5ccccc56)c4)c4oc5ccccc5c34)c3ccccc23)cc1. The summed E-state index contributed by atoms with van der Waals surface area (Å²) in [6.07, 6.45) is 0. The van der Waals surface area contributed by atoms with E-state index in [4.69, 9.17) is 8.83 Å². The molecule has 0 bridgehead atoms. The van der Waals surface area contributed by atoms with Crippen molar-refractivity contribution in [3.8, 4) is 44.5 Å². The first-order valence-corrected chi connectivity index (χ1v) is 17.8. The van der Waals surface area contributed by atoms with E-state index < -0.39 is 0 Å². The summed E-state index contributed by atoms with van der Waals surface area (Å²) in [4.78, 5) is 0. The van der Waals surface area contributed by atoms with E-state index in [0.717, 1.165) is 66.1 Å². The van der Waals surface area contributed by atoms with Crippen LogP contribution in [0.15, 0.2) is 191 Å². The van der Waals surface area contributed by atoms with Crippen molar-refractivity contribution in [2.45, 2.75) is 0 Å². The molecule has 0 saturated carbocycles. The summed E-state index contributed by atoms with van der Waals surface area (Å²) in [7, 11) is 0. The molecule has 0 spiro atoms. The van der Waals surface area contributed by atoms with E-state index in [1.807, 2.05) is 12.1 Å². The lowest BCUT2D eigenvalue weighted by molar-refractivity contribution is 0.669. The Hall–Kier alpha value is -6.90. The Balaban J connectivity index is 1.15. The molecule has 0 aliphatic rings. The lowest BCUT2D eigenvalue weighted by Gasteiger charge is -2.18. The Bertz CT molecular complexity index is 3120. The topological polar surface area (TPSA) is 26.3 Å². The van der Waals surface area contributed by atoms with Crippen molar-refractivity contribution in [1.82, 2.24) is 0 Å². The van der Waals surface area contributed by atoms with Crippen molar-refractivity contribution in [3.05, 3.63) is 182 Å². The molecular formula is C50H30O2. The average molecular weight is 663 g/mol. The van der Waals surface area contributed by atoms with Gasteiger partial charge in [0.05, 0.1) is 0 Å². The van der Waals surface area contributed by atoms with Gasteiger partial charge in [-0.15, -0.1) is 0 Å². The molecule has 2 heterocycles. The zero-order valence-electron chi connectivity index (χ0n) is 28.1. The third-order valence-electron chi connectivity index (χ3n) is 10.7. The fraction of sp³-hybridized carbons (Fsp3) is 0. The number of hydrogen-bond donors (Lipinski definition) is 0. The molecule has 0 N–H and O–H groups in total. The van der Waals surface area contributed by atoms with Gasteiger partial charge < -0.3 is 8.83 Å². The van der Waals surface area contributed by atoms with Gasteiger partial charge in [0.25, 0.3) is 0 Å². The maximum atomic E-state index is 6.84. The van der Waals surface area contributed by atoms with Crippen molar-refractivity contribution >= 4 is 65.4 Å². The van der Waals surface area contributed by atoms with E-state index in [0.29, 0.717) is 0 Å². The highest BCUT2D eigenvalue weighted by Gasteiger charge is 2.22. The van der Waals surface area contributed by atoms with Crippen LogP contribution < -0.4 is 0 Å². The van der Waals surface area contributed by atoms with Crippen LogP contribution in [0.1, 0.15) is 0 Å². The van der Waals surface area contributed by atoms with Crippen LogP contribution in [0, 0.1) is 0 Å². The molecule has 0 radical (unpaired) electrons. The molecule has 9 aromatic carbocycles. The Labute approximate surface area is 299 Å². The maximum Gasteiger partial charge on any atom is 0.143 e. The standard InChI is InChI=1S/C50H30O2/c1-2-13-31(14-3-1)47-38-18-4-6-20-40(38)48(41-21-7-5-19-39(41)47)43-28-27-35(50-49(43)42-22-9-11-24-45(42)52-50)34-16-12-15-32(29-34)33-25-26-37-36-17-8-10-23-44(36)51-46(37)30-33/h1-30H. The smallest absolute Gasteiger partial charge is 0.143 e. The third kappa shape index (κ3) is 4.31. The summed E-state index contributed by atoms with van der Waals surface area (Å²) in [5, 5.41) is 9.44. The minimum absolute atomic E-state index is 0.882. The molecule has 242 valence electrons. The molecular weight excluding hydrogens is 633 g/mol. The van der Waals surface area contributed by atoms with Gasteiger partial charge in [0.2, 0.25) is 0 Å². The summed E-state index contributed by atoms with van der Waals surface area (Å²) >= 11 is 0. The van der Waals surface area contributed by atoms with Crippen molar-refractivity contribution < 1.29 is 8.83 Å². The molecule has 52 heavy (non-hydrogen) atoms. The van der Waals surface area contributed by atoms with E-state index >= 15 is 0 Å². The van der Waals surface area contributed by atoms with Crippen LogP contribution in [-0.4, -0.2) is 0 Å². The third-order valence-corrected chi connectivity index (χ3v) is 10.7. The van der Waals surface area contributed by atoms with Crippen LogP contribution in [0.25, 0.3) is 110 Å². The number of para-hydroxylation sites is 2. The zero-order valence-corrected chi connectivity index (χ0v) is 28.1. The first-order chi connectivity index (χ1) is 25.8. The number of benzene rings is 9. The second-order valence-electron chi connectivity index (χ2n) is 13.6. The van der Waals surface area contributed by atoms with Gasteiger partial charge in [-0.1, -0.05) is 146 Å². The van der Waals surface area contributed by atoms with Gasteiger partial charge >= 0.3 is 0 Å². The molecule has 2 heteroatoms. The molecule has 0 fully saturated rings. The highest BCUT2D eigenvalue weighted by molar-refractivity contribution is 6.26. The highest BCUT2D eigenvalue weighted by atomic mass is 16.3. The van der Waals surface area contributed by atoms with Crippen LogP contribution in [0.4, 0.5) is 0 Å². The normalized spacial score (nSPS) is 11.8. The minimum Gasteiger partial charge on any atom is -0.456 e. The Morgan fingerprint density at radius 1 is 0.269 bits per heavy atom. The predicted octanol–water partition coefficient (Wildman–Crippen LogP) is 14.5. The fourth-order valence-electron chi connectivity index (χ4n) is 8.37. The predicted molar refractivity (Wildman–Crippen MR) is 218 cm³/mol. The van der Waals surface area contributed by atoms with Crippen LogP contribution in [0.5, 0.6) is 0 Å². The summed E-state index contributed by atoms with van der Waals surface area (Å²) in [6.45, 7) is 0. The average Bonchev–Trinajstić information content (AvgIpc) is 3.79. The first-order valence-electron chi connectivity index (χ1n) is 17.8. The van der Waals surface area contributed by atoms with E-state index in [1.165, 1.54) is 43.8 Å². The van der Waals surface area contributed by atoms with E-state index in [-0.39, 0.29) is 0 Å². The summed E-state index contributed by atoms with van der Waals surface area (Å²) in [5.41, 5.74) is 12.9. The number of rotatable bonds is 4. The van der Waals surface area contributed by atoms with Gasteiger partial charge in [-0.2, -0.15) is 0 Å². The van der Waals surface area contributed by atoms with E-state index in [1.54, 1.807) is 0 Å². The second kappa shape index (κ2) is 11.3. The number of furan rings is 2. The van der Waals surface area contributed by atoms with E-state index in [2.05, 4.69) is 170 Å². The van der Waals surface area contributed by atoms with Crippen molar-refractivity contribution in [2.75, 3.05) is 0 Å². The highest BCUT2D eigenvalue weighted by Crippen LogP contribution is 2.48. The summed E-state index contributed by atoms with van der Waals surface area (Å²) in [5.74, 6) is 0. The minimum atomic E-state index is 0.882. The molecule has 0 aliphatic heterocycles. The molecule has 2 nitrogen and oxygen atoms in total. The van der Waals surface area contributed by atoms with Gasteiger partial charge in [0.15, 0.2) is 0 Å². The zero-order chi connectivity index (χ0) is 34.2. The Kier molecular flexibility index (Phi) is 6.28. The summed E-state index contributed by atoms with van der Waals surface area (Å²) < 4.78 is 13.1. The number of hydrogen-bond acceptors (Lipinski definition) is 2. The van der Waals surface area contributed by atoms with Crippen LogP contribution in [-0.2, 0) is 0 Å². The largest absolute Gasteiger partial charge is 0.456 e. The van der Waals surface area contributed by atoms with Crippen molar-refractivity contribution in [1.29, 1.82) is 0 Å². The molecule has 11 rings (SSSR count). The lowest BCUT2D eigenvalue weighted by atomic mass is 9.84. The molecule has 0 saturated heterocycles. The molecule has 2 aromatic heterocycles. The van der Waals surface area contributed by atoms with Crippen LogP contribution in [0.2, 0.25) is 0 Å². The van der Waals surface area contributed by atoms with Gasteiger partial charge in [0.1, 0.15) is 22.3 Å². The van der Waals surface area contributed by atoms with Crippen LogP contribution >= 0.6 is 0 Å². The van der Waals surface area contributed by atoms with Crippen LogP contribution in [0.3, 0.4) is 0 Å². The Morgan fingerprint density at radius 2 is 0.788 bits per heavy atom. The van der Waals surface area contributed by atoms with Gasteiger partial charge in [-0.25, -0.2) is 0 Å². The van der Waals surface area contributed by atoms with Gasteiger partial charge in [-0.05, 0) is 96.9 Å². The maximum absolute atomic E-state index is 6.84. The first kappa shape index (κ1) is 28.9. The Morgan fingerprint density at radius 3 is 1.52 bits per heavy atom. The summed E-state index contributed by atoms with van der Waals surface area (Å²) in [6, 6.07) is 64.9. The van der Waals surface area contributed by atoms with Gasteiger partial charge in [0, 0.05) is 27.1 Å². The lowest BCUT2D eigenvalue weighted by Crippen LogP contribution is -1.92. The van der Waals surface area contributed by atoms with Crippen molar-refractivity contribution in [3.63, 3.8) is 0 Å². The van der Waals surface area contributed by atoms with E-state index in [9.17, 15) is 0 Å². The molecule has 0 atom stereocenters. The monoisotopic (exact) mass is 662 g/mol. The molecule has 0 unspecified atom stereocenters. The second-order valence-corrected chi connectivity index (χ2v) is 13.6. The molecule has 0 amide bonds. The van der Waals surface area contributed by atoms with Crippen molar-refractivity contribution in [2.24, 2.45) is 0 Å². The van der Waals surface area contributed by atoms with Gasteiger partial charge in [-0.3, -0.25) is 0 Å². The quantitative estimate of drug-likeness (QED) is 0.175. The molecule has 0 aliphatic carbocycles. The fourth-order valence-corrected chi connectivity index (χ4v) is 8.37. The number of fused-ring (bicyclic) bond motifs is 8.